The molecule has 0 saturated heterocycles. The number of rotatable bonds is 6. The Morgan fingerprint density at radius 2 is 0.893 bits per heavy atom. The van der Waals surface area contributed by atoms with Crippen molar-refractivity contribution in [3.05, 3.63) is 188 Å². The first kappa shape index (κ1) is 31.9. The number of aromatic amines is 1. The quantitative estimate of drug-likeness (QED) is 0.186. The molecule has 8 aromatic carbocycles. The molecule has 0 spiro atoms. The van der Waals surface area contributed by atoms with Crippen LogP contribution in [0.25, 0.3) is 111 Å². The fourth-order valence-corrected chi connectivity index (χ4v) is 8.47. The molecular weight excluding hydrogens is 685 g/mol. The predicted octanol–water partition coefficient (Wildman–Crippen LogP) is 13.4. The normalized spacial score (nSPS) is 11.6. The summed E-state index contributed by atoms with van der Waals surface area (Å²) in [5.74, 6) is 0. The summed E-state index contributed by atoms with van der Waals surface area (Å²) < 4.78 is 6.45. The topological polar surface area (TPSA) is 67.6 Å². The number of benzene rings is 8. The minimum absolute atomic E-state index is 0.725. The second-order valence-corrected chi connectivity index (χ2v) is 14.0. The van der Waals surface area contributed by atoms with Gasteiger partial charge in [-0.1, -0.05) is 170 Å². The maximum Gasteiger partial charge on any atom is 0.136 e. The summed E-state index contributed by atoms with van der Waals surface area (Å²) in [6.07, 6.45) is 0. The van der Waals surface area contributed by atoms with Gasteiger partial charge in [0, 0.05) is 54.9 Å². The van der Waals surface area contributed by atoms with Gasteiger partial charge >= 0.3 is 0 Å². The molecule has 0 saturated carbocycles. The SMILES string of the molecule is c1ccc(-c2ccccc2-c2nnnc(-c3cccc4oc5ccccc5c34)c2-c2c(-c3ccccc3)cccc2-c2cccc3c2[nH]c2ccccc23)cc1. The summed E-state index contributed by atoms with van der Waals surface area (Å²) in [5, 5.41) is 19.0. The molecule has 11 aromatic rings. The third-order valence-electron chi connectivity index (χ3n) is 10.9. The number of hydrogen-bond donors (Lipinski definition) is 1. The monoisotopic (exact) mass is 716 g/mol. The Hall–Kier alpha value is -7.63. The molecular formula is C51H32N4O. The van der Waals surface area contributed by atoms with Gasteiger partial charge in [-0.2, -0.15) is 0 Å². The summed E-state index contributed by atoms with van der Waals surface area (Å²) in [6, 6.07) is 65.6. The van der Waals surface area contributed by atoms with Crippen LogP contribution in [0.3, 0.4) is 0 Å². The van der Waals surface area contributed by atoms with E-state index in [1.807, 2.05) is 30.3 Å². The molecule has 0 atom stereocenters. The van der Waals surface area contributed by atoms with Gasteiger partial charge in [0.1, 0.15) is 22.6 Å². The standard InChI is InChI=1S/C51H32N4O/c1-3-16-32(17-4-1)34-20-7-8-22-38(34)50-48(51(54-55-53-50)42-28-15-31-45-46(42)41-23-10-12-30-44(41)56-45)47-35(33-18-5-2-6-19-33)24-13-25-37(47)40-27-14-26-39-36-21-9-11-29-43(36)52-49(39)40/h1-31,52H. The van der Waals surface area contributed by atoms with E-state index in [1.165, 1.54) is 10.8 Å². The Morgan fingerprint density at radius 1 is 0.357 bits per heavy atom. The number of fused-ring (bicyclic) bond motifs is 6. The zero-order valence-electron chi connectivity index (χ0n) is 30.1. The lowest BCUT2D eigenvalue weighted by Gasteiger charge is -2.22. The molecule has 5 heteroatoms. The molecule has 1 N–H and O–H groups in total. The number of hydrogen-bond acceptors (Lipinski definition) is 4. The average molecular weight is 717 g/mol. The van der Waals surface area contributed by atoms with Crippen molar-refractivity contribution in [2.75, 3.05) is 0 Å². The van der Waals surface area contributed by atoms with Crippen LogP contribution in [-0.2, 0) is 0 Å². The predicted molar refractivity (Wildman–Crippen MR) is 229 cm³/mol. The van der Waals surface area contributed by atoms with Crippen LogP contribution in [0.4, 0.5) is 0 Å². The van der Waals surface area contributed by atoms with Crippen LogP contribution in [0, 0.1) is 0 Å². The van der Waals surface area contributed by atoms with Gasteiger partial charge in [0.2, 0.25) is 0 Å². The molecule has 0 unspecified atom stereocenters. The highest BCUT2D eigenvalue weighted by atomic mass is 16.3. The van der Waals surface area contributed by atoms with E-state index in [0.29, 0.717) is 0 Å². The van der Waals surface area contributed by atoms with E-state index in [9.17, 15) is 0 Å². The minimum atomic E-state index is 0.725. The van der Waals surface area contributed by atoms with Crippen molar-refractivity contribution < 1.29 is 4.42 Å². The number of nitrogens with zero attached hydrogens (tertiary/aromatic N) is 3. The first-order valence-electron chi connectivity index (χ1n) is 18.8. The number of nitrogens with one attached hydrogen (secondary N) is 1. The lowest BCUT2D eigenvalue weighted by atomic mass is 9.82. The fourth-order valence-electron chi connectivity index (χ4n) is 8.47. The van der Waals surface area contributed by atoms with E-state index in [2.05, 4.69) is 168 Å². The molecule has 0 aliphatic rings. The van der Waals surface area contributed by atoms with E-state index in [1.54, 1.807) is 0 Å². The summed E-state index contributed by atoms with van der Waals surface area (Å²) in [6.45, 7) is 0. The van der Waals surface area contributed by atoms with E-state index in [0.717, 1.165) is 100.0 Å². The number of furan rings is 1. The van der Waals surface area contributed by atoms with Crippen molar-refractivity contribution in [1.82, 2.24) is 20.4 Å². The molecule has 0 bridgehead atoms. The lowest BCUT2D eigenvalue weighted by molar-refractivity contribution is 0.669. The molecule has 56 heavy (non-hydrogen) atoms. The summed E-state index contributed by atoms with van der Waals surface area (Å²) in [4.78, 5) is 3.79. The summed E-state index contributed by atoms with van der Waals surface area (Å²) in [7, 11) is 0. The van der Waals surface area contributed by atoms with E-state index < -0.39 is 0 Å². The molecule has 0 aliphatic carbocycles. The molecule has 0 radical (unpaired) electrons. The van der Waals surface area contributed by atoms with Crippen LogP contribution in [0.2, 0.25) is 0 Å². The van der Waals surface area contributed by atoms with Gasteiger partial charge in [-0.3, -0.25) is 0 Å². The third-order valence-corrected chi connectivity index (χ3v) is 10.9. The van der Waals surface area contributed by atoms with E-state index in [-0.39, 0.29) is 0 Å². The molecule has 3 heterocycles. The molecule has 5 nitrogen and oxygen atoms in total. The lowest BCUT2D eigenvalue weighted by Crippen LogP contribution is -2.03. The van der Waals surface area contributed by atoms with E-state index in [4.69, 9.17) is 14.6 Å². The zero-order valence-corrected chi connectivity index (χ0v) is 30.1. The van der Waals surface area contributed by atoms with Crippen LogP contribution in [0.15, 0.2) is 192 Å². The second kappa shape index (κ2) is 13.0. The van der Waals surface area contributed by atoms with Gasteiger partial charge in [0.25, 0.3) is 0 Å². The highest BCUT2D eigenvalue weighted by molar-refractivity contribution is 6.17. The third kappa shape index (κ3) is 5.06. The first-order chi connectivity index (χ1) is 27.8. The van der Waals surface area contributed by atoms with Gasteiger partial charge in [0.15, 0.2) is 0 Å². The first-order valence-corrected chi connectivity index (χ1v) is 18.8. The fraction of sp³-hybridized carbons (Fsp3) is 0. The van der Waals surface area contributed by atoms with E-state index >= 15 is 0 Å². The van der Waals surface area contributed by atoms with Crippen molar-refractivity contribution >= 4 is 43.7 Å². The van der Waals surface area contributed by atoms with Crippen LogP contribution >= 0.6 is 0 Å². The summed E-state index contributed by atoms with van der Waals surface area (Å²) in [5.41, 5.74) is 15.5. The van der Waals surface area contributed by atoms with Gasteiger partial charge in [0.05, 0.1) is 5.52 Å². The van der Waals surface area contributed by atoms with Crippen LogP contribution in [0.5, 0.6) is 0 Å². The van der Waals surface area contributed by atoms with Crippen molar-refractivity contribution in [3.8, 4) is 67.0 Å². The maximum atomic E-state index is 6.45. The van der Waals surface area contributed by atoms with Crippen molar-refractivity contribution in [3.63, 3.8) is 0 Å². The van der Waals surface area contributed by atoms with Crippen molar-refractivity contribution in [2.45, 2.75) is 0 Å². The van der Waals surface area contributed by atoms with Gasteiger partial charge in [-0.05, 0) is 51.2 Å². The molecule has 0 amide bonds. The molecule has 262 valence electrons. The van der Waals surface area contributed by atoms with Crippen LogP contribution < -0.4 is 0 Å². The van der Waals surface area contributed by atoms with Crippen molar-refractivity contribution in [1.29, 1.82) is 0 Å². The second-order valence-electron chi connectivity index (χ2n) is 14.0. The number of aromatic nitrogens is 4. The Kier molecular flexibility index (Phi) is 7.42. The van der Waals surface area contributed by atoms with Gasteiger partial charge < -0.3 is 9.40 Å². The Balaban J connectivity index is 1.32. The van der Waals surface area contributed by atoms with Crippen LogP contribution in [0.1, 0.15) is 0 Å². The Bertz CT molecular complexity index is 3250. The largest absolute Gasteiger partial charge is 0.456 e. The highest BCUT2D eigenvalue weighted by Crippen LogP contribution is 2.50. The Morgan fingerprint density at radius 3 is 1.71 bits per heavy atom. The van der Waals surface area contributed by atoms with Gasteiger partial charge in [-0.15, -0.1) is 10.2 Å². The highest BCUT2D eigenvalue weighted by Gasteiger charge is 2.28. The molecule has 0 aliphatic heterocycles. The summed E-state index contributed by atoms with van der Waals surface area (Å²) >= 11 is 0. The molecule has 11 rings (SSSR count). The molecule has 3 aromatic heterocycles. The maximum absolute atomic E-state index is 6.45. The molecule has 0 fully saturated rings. The number of H-pyrrole nitrogens is 1. The average Bonchev–Trinajstić information content (AvgIpc) is 3.85. The minimum Gasteiger partial charge on any atom is -0.456 e. The van der Waals surface area contributed by atoms with Crippen molar-refractivity contribution in [2.24, 2.45) is 0 Å². The Labute approximate surface area is 322 Å². The smallest absolute Gasteiger partial charge is 0.136 e. The van der Waals surface area contributed by atoms with Gasteiger partial charge in [-0.25, -0.2) is 0 Å². The zero-order chi connectivity index (χ0) is 37.0. The number of para-hydroxylation sites is 3. The van der Waals surface area contributed by atoms with Crippen LogP contribution in [-0.4, -0.2) is 20.4 Å².